The summed E-state index contributed by atoms with van der Waals surface area (Å²) >= 11 is 0. The topological polar surface area (TPSA) is 89.8 Å². The fourth-order valence-electron chi connectivity index (χ4n) is 8.33. The van der Waals surface area contributed by atoms with Crippen LogP contribution in [0.1, 0.15) is 284 Å². The molecule has 0 heterocycles. The van der Waals surface area contributed by atoms with Crippen molar-refractivity contribution in [2.24, 2.45) is 0 Å². The standard InChI is InChI=1S/C53H103NO4/c1-3-5-7-9-11-13-15-17-19-21-23-24-25-26-27-29-31-33-35-37-39-41-43-45-47-52(57)51(49-55)54-53(58)48-50(56)46-44-42-40-38-36-34-32-30-28-22-20-18-16-14-12-10-8-6-4-2/h6,8,12,14,50-52,55-57H,3-5,7,9-11,13,15-49H2,1-2H3,(H,54,58)/b8-6-,14-12-. The van der Waals surface area contributed by atoms with E-state index in [2.05, 4.69) is 43.5 Å². The van der Waals surface area contributed by atoms with Gasteiger partial charge < -0.3 is 20.6 Å². The van der Waals surface area contributed by atoms with Crippen molar-refractivity contribution >= 4 is 5.91 Å². The largest absolute Gasteiger partial charge is 0.394 e. The summed E-state index contributed by atoms with van der Waals surface area (Å²) in [6.07, 6.45) is 60.3. The molecule has 58 heavy (non-hydrogen) atoms. The van der Waals surface area contributed by atoms with Crippen LogP contribution in [-0.4, -0.2) is 46.1 Å². The Kier molecular flexibility index (Phi) is 47.5. The third-order valence-electron chi connectivity index (χ3n) is 12.3. The van der Waals surface area contributed by atoms with Gasteiger partial charge in [-0.15, -0.1) is 0 Å². The summed E-state index contributed by atoms with van der Waals surface area (Å²) < 4.78 is 0. The van der Waals surface area contributed by atoms with Gasteiger partial charge in [-0.3, -0.25) is 4.79 Å². The van der Waals surface area contributed by atoms with Gasteiger partial charge in [0.2, 0.25) is 5.91 Å². The van der Waals surface area contributed by atoms with Crippen LogP contribution in [0.4, 0.5) is 0 Å². The Bertz CT molecular complexity index is 859. The van der Waals surface area contributed by atoms with Gasteiger partial charge >= 0.3 is 0 Å². The lowest BCUT2D eigenvalue weighted by Gasteiger charge is -2.23. The van der Waals surface area contributed by atoms with Crippen molar-refractivity contribution in [3.63, 3.8) is 0 Å². The molecule has 0 aromatic rings. The van der Waals surface area contributed by atoms with Crippen molar-refractivity contribution in [2.75, 3.05) is 6.61 Å². The molecule has 5 nitrogen and oxygen atoms in total. The lowest BCUT2D eigenvalue weighted by atomic mass is 10.0. The molecule has 0 aromatic heterocycles. The van der Waals surface area contributed by atoms with Crippen molar-refractivity contribution in [3.05, 3.63) is 24.3 Å². The Morgan fingerprint density at radius 3 is 1.17 bits per heavy atom. The number of aliphatic hydroxyl groups excluding tert-OH is 3. The first-order valence-corrected chi connectivity index (χ1v) is 26.1. The van der Waals surface area contributed by atoms with Gasteiger partial charge in [-0.1, -0.05) is 263 Å². The summed E-state index contributed by atoms with van der Waals surface area (Å²) in [5.74, 6) is -0.280. The van der Waals surface area contributed by atoms with E-state index in [0.717, 1.165) is 38.5 Å². The lowest BCUT2D eigenvalue weighted by Crippen LogP contribution is -2.46. The number of carbonyl (C=O) groups excluding carboxylic acids is 1. The monoisotopic (exact) mass is 818 g/mol. The number of hydrogen-bond donors (Lipinski definition) is 4. The summed E-state index contributed by atoms with van der Waals surface area (Å²) in [5.41, 5.74) is 0. The zero-order chi connectivity index (χ0) is 42.3. The summed E-state index contributed by atoms with van der Waals surface area (Å²) in [7, 11) is 0. The Labute approximate surface area is 362 Å². The van der Waals surface area contributed by atoms with E-state index >= 15 is 0 Å². The summed E-state index contributed by atoms with van der Waals surface area (Å²) in [6, 6.07) is -0.658. The van der Waals surface area contributed by atoms with E-state index < -0.39 is 18.2 Å². The van der Waals surface area contributed by atoms with E-state index in [0.29, 0.717) is 12.8 Å². The van der Waals surface area contributed by atoms with Crippen LogP contribution >= 0.6 is 0 Å². The molecule has 0 aromatic carbocycles. The Morgan fingerprint density at radius 2 is 0.793 bits per heavy atom. The third kappa shape index (κ3) is 44.4. The number of hydrogen-bond acceptors (Lipinski definition) is 4. The maximum absolute atomic E-state index is 12.5. The second-order valence-corrected chi connectivity index (χ2v) is 18.1. The van der Waals surface area contributed by atoms with Crippen molar-refractivity contribution in [3.8, 4) is 0 Å². The van der Waals surface area contributed by atoms with Gasteiger partial charge in [0.25, 0.3) is 0 Å². The highest BCUT2D eigenvalue weighted by molar-refractivity contribution is 5.76. The summed E-state index contributed by atoms with van der Waals surface area (Å²) in [4.78, 5) is 12.5. The predicted molar refractivity (Wildman–Crippen MR) is 255 cm³/mol. The van der Waals surface area contributed by atoms with Crippen molar-refractivity contribution in [2.45, 2.75) is 302 Å². The predicted octanol–water partition coefficient (Wildman–Crippen LogP) is 15.7. The van der Waals surface area contributed by atoms with E-state index in [4.69, 9.17) is 0 Å². The van der Waals surface area contributed by atoms with Crippen LogP contribution in [-0.2, 0) is 4.79 Å². The Hall–Kier alpha value is -1.17. The van der Waals surface area contributed by atoms with Crippen molar-refractivity contribution in [1.82, 2.24) is 5.32 Å². The van der Waals surface area contributed by atoms with Crippen LogP contribution in [0.25, 0.3) is 0 Å². The van der Waals surface area contributed by atoms with Gasteiger partial charge in [-0.2, -0.15) is 0 Å². The third-order valence-corrected chi connectivity index (χ3v) is 12.3. The molecule has 0 spiro atoms. The molecule has 0 saturated carbocycles. The molecule has 0 fully saturated rings. The van der Waals surface area contributed by atoms with Crippen LogP contribution in [0.2, 0.25) is 0 Å². The minimum atomic E-state index is -0.749. The van der Waals surface area contributed by atoms with Gasteiger partial charge in [-0.25, -0.2) is 0 Å². The number of carbonyl (C=O) groups is 1. The molecule has 0 rings (SSSR count). The van der Waals surface area contributed by atoms with Gasteiger partial charge in [0.05, 0.1) is 31.3 Å². The van der Waals surface area contributed by atoms with Gasteiger partial charge in [-0.05, 0) is 38.5 Å². The van der Waals surface area contributed by atoms with E-state index in [9.17, 15) is 20.1 Å². The fourth-order valence-corrected chi connectivity index (χ4v) is 8.33. The molecule has 1 amide bonds. The zero-order valence-electron chi connectivity index (χ0n) is 39.2. The number of allylic oxidation sites excluding steroid dienone is 4. The van der Waals surface area contributed by atoms with Crippen molar-refractivity contribution in [1.29, 1.82) is 0 Å². The summed E-state index contributed by atoms with van der Waals surface area (Å²) in [5, 5.41) is 33.6. The lowest BCUT2D eigenvalue weighted by molar-refractivity contribution is -0.125. The number of aliphatic hydroxyl groups is 3. The fraction of sp³-hybridized carbons (Fsp3) is 0.906. The second kappa shape index (κ2) is 48.5. The Balaban J connectivity index is 3.53. The zero-order valence-corrected chi connectivity index (χ0v) is 39.2. The first kappa shape index (κ1) is 56.8. The molecule has 0 bridgehead atoms. The van der Waals surface area contributed by atoms with Gasteiger partial charge in [0.15, 0.2) is 0 Å². The first-order chi connectivity index (χ1) is 28.5. The van der Waals surface area contributed by atoms with E-state index in [1.807, 2.05) is 0 Å². The molecule has 0 aliphatic rings. The van der Waals surface area contributed by atoms with E-state index in [1.54, 1.807) is 0 Å². The molecule has 4 N–H and O–H groups in total. The quantitative estimate of drug-likeness (QED) is 0.0364. The van der Waals surface area contributed by atoms with Crippen LogP contribution in [0.3, 0.4) is 0 Å². The average molecular weight is 818 g/mol. The van der Waals surface area contributed by atoms with Crippen molar-refractivity contribution < 1.29 is 20.1 Å². The molecule has 344 valence electrons. The second-order valence-electron chi connectivity index (χ2n) is 18.1. The smallest absolute Gasteiger partial charge is 0.222 e. The average Bonchev–Trinajstić information content (AvgIpc) is 3.22. The molecular weight excluding hydrogens is 715 g/mol. The van der Waals surface area contributed by atoms with Crippen LogP contribution in [0.15, 0.2) is 24.3 Å². The molecule has 3 atom stereocenters. The molecule has 0 aliphatic heterocycles. The molecule has 0 saturated heterocycles. The first-order valence-electron chi connectivity index (χ1n) is 26.1. The summed E-state index contributed by atoms with van der Waals surface area (Å²) in [6.45, 7) is 4.19. The van der Waals surface area contributed by atoms with Crippen LogP contribution < -0.4 is 5.32 Å². The SMILES string of the molecule is CC/C=C\C/C=C\CCCCCCCCCCCCCCC(O)CC(=O)NC(CO)C(O)CCCCCCCCCCCCCCCCCCCCCCCCCC. The van der Waals surface area contributed by atoms with Gasteiger partial charge in [0, 0.05) is 0 Å². The highest BCUT2D eigenvalue weighted by atomic mass is 16.3. The van der Waals surface area contributed by atoms with Crippen LogP contribution in [0.5, 0.6) is 0 Å². The molecular formula is C53H103NO4. The minimum absolute atomic E-state index is 0.0377. The van der Waals surface area contributed by atoms with Gasteiger partial charge in [0.1, 0.15) is 0 Å². The molecule has 3 unspecified atom stereocenters. The number of amides is 1. The number of nitrogens with one attached hydrogen (secondary N) is 1. The highest BCUT2D eigenvalue weighted by Crippen LogP contribution is 2.18. The molecule has 0 aliphatic carbocycles. The number of unbranched alkanes of at least 4 members (excludes halogenated alkanes) is 35. The van der Waals surface area contributed by atoms with E-state index in [1.165, 1.54) is 212 Å². The number of rotatable bonds is 48. The van der Waals surface area contributed by atoms with E-state index in [-0.39, 0.29) is 18.9 Å². The highest BCUT2D eigenvalue weighted by Gasteiger charge is 2.21. The molecule has 0 radical (unpaired) electrons. The maximum atomic E-state index is 12.5. The Morgan fingerprint density at radius 1 is 0.448 bits per heavy atom. The normalized spacial score (nSPS) is 13.5. The van der Waals surface area contributed by atoms with Crippen LogP contribution in [0, 0.1) is 0 Å². The minimum Gasteiger partial charge on any atom is -0.394 e. The maximum Gasteiger partial charge on any atom is 0.222 e. The molecule has 5 heteroatoms.